The van der Waals surface area contributed by atoms with E-state index < -0.39 is 16.3 Å². The summed E-state index contributed by atoms with van der Waals surface area (Å²) >= 11 is 6.05. The third-order valence-corrected chi connectivity index (χ3v) is 5.75. The van der Waals surface area contributed by atoms with Gasteiger partial charge in [0, 0.05) is 22.5 Å². The normalized spacial score (nSPS) is 15.4. The van der Waals surface area contributed by atoms with Crippen molar-refractivity contribution in [2.45, 2.75) is 11.2 Å². The van der Waals surface area contributed by atoms with Crippen molar-refractivity contribution in [2.24, 2.45) is 5.14 Å². The number of ether oxygens (including phenoxy) is 2. The summed E-state index contributed by atoms with van der Waals surface area (Å²) in [6.07, 6.45) is 2.30. The first-order chi connectivity index (χ1) is 15.8. The average molecular weight is 490 g/mol. The van der Waals surface area contributed by atoms with E-state index in [1.54, 1.807) is 47.5 Å². The van der Waals surface area contributed by atoms with Crippen LogP contribution in [0.2, 0.25) is 5.02 Å². The molecule has 4 N–H and O–H groups in total. The van der Waals surface area contributed by atoms with Crippen LogP contribution in [0.25, 0.3) is 0 Å². The fraction of sp³-hybridized carbons (Fsp3) is 0.143. The van der Waals surface area contributed by atoms with Gasteiger partial charge in [-0.3, -0.25) is 4.90 Å². The molecule has 0 saturated carbocycles. The summed E-state index contributed by atoms with van der Waals surface area (Å²) in [4.78, 5) is 10.3. The number of primary sulfonamides is 1. The number of nitrogens with one attached hydrogen (secondary N) is 1. The summed E-state index contributed by atoms with van der Waals surface area (Å²) < 4.78 is 34.4. The lowest BCUT2D eigenvalue weighted by molar-refractivity contribution is -0.0352. The second-order valence-electron chi connectivity index (χ2n) is 6.91. The minimum absolute atomic E-state index is 0.00332. The molecule has 0 saturated heterocycles. The molecule has 2 heterocycles. The number of hydrogen-bond acceptors (Lipinski definition) is 9. The average Bonchev–Trinajstić information content (AvgIpc) is 3.27. The predicted octanol–water partition coefficient (Wildman–Crippen LogP) is 2.86. The number of halogens is 1. The monoisotopic (exact) mass is 489 g/mol. The van der Waals surface area contributed by atoms with Crippen LogP contribution in [-0.2, 0) is 19.5 Å². The molecule has 12 heteroatoms. The highest BCUT2D eigenvalue weighted by molar-refractivity contribution is 7.89. The lowest BCUT2D eigenvalue weighted by Crippen LogP contribution is -2.27. The summed E-state index contributed by atoms with van der Waals surface area (Å²) in [7, 11) is -3.78. The Morgan fingerprint density at radius 2 is 1.97 bits per heavy atom. The SMILES string of the molecule is NS(=O)(=O)c1ccc(Nc2nccc(N(CCO)C3=COC(c4cccc(Cl)c4)O3)n2)cc1. The Hall–Kier alpha value is -3.38. The highest BCUT2D eigenvalue weighted by Gasteiger charge is 2.27. The molecule has 3 aromatic rings. The van der Waals surface area contributed by atoms with Gasteiger partial charge in [-0.2, -0.15) is 4.98 Å². The molecule has 0 bridgehead atoms. The molecule has 0 aliphatic carbocycles. The van der Waals surface area contributed by atoms with Gasteiger partial charge in [-0.15, -0.1) is 0 Å². The molecule has 1 atom stereocenters. The van der Waals surface area contributed by atoms with E-state index in [0.717, 1.165) is 5.56 Å². The highest BCUT2D eigenvalue weighted by Crippen LogP contribution is 2.33. The van der Waals surface area contributed by atoms with Crippen LogP contribution in [0.1, 0.15) is 11.9 Å². The first-order valence-electron chi connectivity index (χ1n) is 9.72. The predicted molar refractivity (Wildman–Crippen MR) is 122 cm³/mol. The summed E-state index contributed by atoms with van der Waals surface area (Å²) in [5.41, 5.74) is 1.31. The first-order valence-corrected chi connectivity index (χ1v) is 11.6. The van der Waals surface area contributed by atoms with Crippen LogP contribution < -0.4 is 15.4 Å². The van der Waals surface area contributed by atoms with Gasteiger partial charge in [0.15, 0.2) is 0 Å². The molecule has 10 nitrogen and oxygen atoms in total. The summed E-state index contributed by atoms with van der Waals surface area (Å²) in [6, 6.07) is 14.6. The maximum absolute atomic E-state index is 11.4. The van der Waals surface area contributed by atoms with Gasteiger partial charge >= 0.3 is 0 Å². The highest BCUT2D eigenvalue weighted by atomic mass is 35.5. The van der Waals surface area contributed by atoms with Crippen molar-refractivity contribution >= 4 is 39.1 Å². The molecule has 4 rings (SSSR count). The van der Waals surface area contributed by atoms with Gasteiger partial charge in [-0.25, -0.2) is 18.5 Å². The minimum atomic E-state index is -3.78. The van der Waals surface area contributed by atoms with Crippen LogP contribution in [-0.4, -0.2) is 36.6 Å². The Balaban J connectivity index is 1.51. The third-order valence-electron chi connectivity index (χ3n) is 4.59. The maximum Gasteiger partial charge on any atom is 0.268 e. The summed E-state index contributed by atoms with van der Waals surface area (Å²) in [5, 5.41) is 18.3. The van der Waals surface area contributed by atoms with E-state index in [1.165, 1.54) is 18.4 Å². The van der Waals surface area contributed by atoms with E-state index in [1.807, 2.05) is 6.07 Å². The minimum Gasteiger partial charge on any atom is -0.453 e. The number of nitrogens with two attached hydrogens (primary N) is 1. The largest absolute Gasteiger partial charge is 0.453 e. The molecular formula is C21H20ClN5O5S. The molecule has 1 aliphatic heterocycles. The van der Waals surface area contributed by atoms with Crippen LogP contribution in [0.4, 0.5) is 17.5 Å². The zero-order valence-electron chi connectivity index (χ0n) is 17.1. The quantitative estimate of drug-likeness (QED) is 0.435. The first kappa shape index (κ1) is 22.8. The van der Waals surface area contributed by atoms with Gasteiger partial charge in [-0.05, 0) is 42.5 Å². The molecular weight excluding hydrogens is 470 g/mol. The standard InChI is InChI=1S/C21H20ClN5O5S/c22-15-3-1-2-14(12-15)20-31-13-19(32-20)27(10-11-28)18-8-9-24-21(26-18)25-16-4-6-17(7-5-16)33(23,29)30/h1-9,12-13,20,28H,10-11H2,(H2,23,29,30)(H,24,25,26). The zero-order chi connectivity index (χ0) is 23.4. The van der Waals surface area contributed by atoms with E-state index in [-0.39, 0.29) is 24.0 Å². The summed E-state index contributed by atoms with van der Waals surface area (Å²) in [5.74, 6) is 1.06. The number of hydrogen-bond donors (Lipinski definition) is 3. The fourth-order valence-electron chi connectivity index (χ4n) is 3.07. The topological polar surface area (TPSA) is 140 Å². The molecule has 0 radical (unpaired) electrons. The molecule has 1 unspecified atom stereocenters. The van der Waals surface area contributed by atoms with Crippen LogP contribution in [0.3, 0.4) is 0 Å². The van der Waals surface area contributed by atoms with Crippen molar-refractivity contribution in [2.75, 3.05) is 23.4 Å². The number of benzene rings is 2. The lowest BCUT2D eigenvalue weighted by atomic mass is 10.2. The van der Waals surface area contributed by atoms with Gasteiger partial charge in [0.25, 0.3) is 6.29 Å². The molecule has 0 amide bonds. The van der Waals surface area contributed by atoms with Gasteiger partial charge in [-0.1, -0.05) is 23.7 Å². The number of anilines is 3. The Labute approximate surface area is 195 Å². The zero-order valence-corrected chi connectivity index (χ0v) is 18.7. The van der Waals surface area contributed by atoms with Crippen molar-refractivity contribution in [1.82, 2.24) is 9.97 Å². The van der Waals surface area contributed by atoms with E-state index in [9.17, 15) is 13.5 Å². The van der Waals surface area contributed by atoms with Crippen LogP contribution in [0.15, 0.2) is 77.8 Å². The maximum atomic E-state index is 11.4. The number of nitrogens with zero attached hydrogens (tertiary/aromatic N) is 3. The van der Waals surface area contributed by atoms with Gasteiger partial charge < -0.3 is 19.9 Å². The van der Waals surface area contributed by atoms with Crippen molar-refractivity contribution in [3.63, 3.8) is 0 Å². The van der Waals surface area contributed by atoms with Crippen molar-refractivity contribution in [3.05, 3.63) is 83.5 Å². The van der Waals surface area contributed by atoms with Gasteiger partial charge in [0.05, 0.1) is 18.0 Å². The van der Waals surface area contributed by atoms with E-state index in [2.05, 4.69) is 15.3 Å². The van der Waals surface area contributed by atoms with Crippen molar-refractivity contribution < 1.29 is 23.0 Å². The number of aliphatic hydroxyl groups is 1. The van der Waals surface area contributed by atoms with Crippen molar-refractivity contribution in [1.29, 1.82) is 0 Å². The molecule has 0 fully saturated rings. The molecule has 2 aromatic carbocycles. The number of aliphatic hydroxyl groups excluding tert-OH is 1. The number of rotatable bonds is 8. The van der Waals surface area contributed by atoms with Crippen LogP contribution in [0, 0.1) is 0 Å². The van der Waals surface area contributed by atoms with Gasteiger partial charge in [0.1, 0.15) is 12.1 Å². The second-order valence-corrected chi connectivity index (χ2v) is 8.90. The fourth-order valence-corrected chi connectivity index (χ4v) is 3.78. The summed E-state index contributed by atoms with van der Waals surface area (Å²) in [6.45, 7) is 0.0291. The Morgan fingerprint density at radius 1 is 1.18 bits per heavy atom. The number of aromatic nitrogens is 2. The van der Waals surface area contributed by atoms with Crippen LogP contribution >= 0.6 is 11.6 Å². The Kier molecular flexibility index (Phi) is 6.65. The lowest BCUT2D eigenvalue weighted by Gasteiger charge is -2.23. The van der Waals surface area contributed by atoms with E-state index in [4.69, 9.17) is 26.2 Å². The second kappa shape index (κ2) is 9.63. The van der Waals surface area contributed by atoms with E-state index in [0.29, 0.717) is 22.4 Å². The molecule has 33 heavy (non-hydrogen) atoms. The Morgan fingerprint density at radius 3 is 2.67 bits per heavy atom. The molecule has 0 spiro atoms. The van der Waals surface area contributed by atoms with Crippen molar-refractivity contribution in [3.8, 4) is 0 Å². The molecule has 1 aromatic heterocycles. The molecule has 1 aliphatic rings. The van der Waals surface area contributed by atoms with E-state index >= 15 is 0 Å². The van der Waals surface area contributed by atoms with Gasteiger partial charge in [0.2, 0.25) is 21.9 Å². The smallest absolute Gasteiger partial charge is 0.268 e. The third kappa shape index (κ3) is 5.52. The Bertz CT molecular complexity index is 1270. The number of sulfonamides is 1. The van der Waals surface area contributed by atoms with Crippen LogP contribution in [0.5, 0.6) is 0 Å². The molecule has 172 valence electrons.